The van der Waals surface area contributed by atoms with E-state index in [2.05, 4.69) is 0 Å². The fourth-order valence-corrected chi connectivity index (χ4v) is 1.20. The molecule has 4 heteroatoms. The summed E-state index contributed by atoms with van der Waals surface area (Å²) in [6, 6.07) is 13.2. The molecule has 3 nitrogen and oxygen atoms in total. The van der Waals surface area contributed by atoms with Crippen LogP contribution < -0.4 is 4.74 Å². The van der Waals surface area contributed by atoms with Crippen molar-refractivity contribution < 1.29 is 14.9 Å². The van der Waals surface area contributed by atoms with Crippen LogP contribution in [0.15, 0.2) is 48.5 Å². The van der Waals surface area contributed by atoms with Gasteiger partial charge in [-0.15, -0.1) is 0 Å². The smallest absolute Gasteiger partial charge is 0.160 e. The van der Waals surface area contributed by atoms with E-state index in [0.717, 1.165) is 0 Å². The van der Waals surface area contributed by atoms with E-state index < -0.39 is 0 Å². The van der Waals surface area contributed by atoms with Crippen LogP contribution in [0.4, 0.5) is 0 Å². The summed E-state index contributed by atoms with van der Waals surface area (Å²) in [6.45, 7) is 0. The molecule has 2 aromatic rings. The molecule has 2 N–H and O–H groups in total. The fraction of sp³-hybridized carbons (Fsp3) is 0.0769. The van der Waals surface area contributed by atoms with Crippen LogP contribution in [0.25, 0.3) is 0 Å². The Bertz CT molecular complexity index is 433. The second kappa shape index (κ2) is 6.66. The molecule has 0 bridgehead atoms. The monoisotopic (exact) mass is 252 g/mol. The number of aromatic hydroxyl groups is 2. The van der Waals surface area contributed by atoms with Crippen molar-refractivity contribution >= 4 is 11.6 Å². The lowest BCUT2D eigenvalue weighted by molar-refractivity contribution is 0.373. The number of halogens is 1. The van der Waals surface area contributed by atoms with Gasteiger partial charge in [-0.05, 0) is 36.4 Å². The van der Waals surface area contributed by atoms with E-state index in [1.54, 1.807) is 48.5 Å². The summed E-state index contributed by atoms with van der Waals surface area (Å²) in [5.41, 5.74) is 0. The maximum Gasteiger partial charge on any atom is 0.160 e. The Morgan fingerprint density at radius 1 is 0.941 bits per heavy atom. The summed E-state index contributed by atoms with van der Waals surface area (Å²) in [5, 5.41) is 18.3. The number of phenols is 2. The van der Waals surface area contributed by atoms with Gasteiger partial charge in [-0.2, -0.15) is 0 Å². The predicted molar refractivity (Wildman–Crippen MR) is 67.8 cm³/mol. The Hall–Kier alpha value is -1.87. The third-order valence-electron chi connectivity index (χ3n) is 1.91. The first-order chi connectivity index (χ1) is 8.13. The lowest BCUT2D eigenvalue weighted by Gasteiger charge is -1.99. The third kappa shape index (κ3) is 4.66. The zero-order chi connectivity index (χ0) is 12.7. The molecular weight excluding hydrogens is 240 g/mol. The van der Waals surface area contributed by atoms with Crippen LogP contribution in [0.5, 0.6) is 17.2 Å². The average Bonchev–Trinajstić information content (AvgIpc) is 2.34. The van der Waals surface area contributed by atoms with E-state index in [0.29, 0.717) is 10.8 Å². The third-order valence-corrected chi connectivity index (χ3v) is 2.16. The van der Waals surface area contributed by atoms with Crippen LogP contribution in [0.2, 0.25) is 5.02 Å². The van der Waals surface area contributed by atoms with E-state index in [4.69, 9.17) is 26.6 Å². The van der Waals surface area contributed by atoms with Crippen molar-refractivity contribution in [1.82, 2.24) is 0 Å². The van der Waals surface area contributed by atoms with E-state index in [9.17, 15) is 0 Å². The number of phenolic OH excluding ortho intramolecular Hbond substituents is 2. The van der Waals surface area contributed by atoms with Crippen LogP contribution in [0.3, 0.4) is 0 Å². The molecule has 2 aromatic carbocycles. The average molecular weight is 253 g/mol. The Morgan fingerprint density at radius 3 is 1.94 bits per heavy atom. The number of ether oxygens (including phenoxy) is 1. The van der Waals surface area contributed by atoms with Gasteiger partial charge in [-0.3, -0.25) is 0 Å². The van der Waals surface area contributed by atoms with Gasteiger partial charge in [0, 0.05) is 5.02 Å². The lowest BCUT2D eigenvalue weighted by atomic mass is 10.3. The van der Waals surface area contributed by atoms with Crippen LogP contribution in [-0.2, 0) is 0 Å². The number of para-hydroxylation sites is 2. The van der Waals surface area contributed by atoms with Crippen LogP contribution in [0.1, 0.15) is 0 Å². The maximum atomic E-state index is 8.99. The second-order valence-electron chi connectivity index (χ2n) is 3.15. The minimum atomic E-state index is 0.181. The van der Waals surface area contributed by atoms with Gasteiger partial charge in [0.2, 0.25) is 0 Å². The standard InChI is InChI=1S/C7H8O2.C6H5ClO/c1-9-7-5-3-2-4-6(7)8;7-5-1-3-6(8)4-2-5/h2-5,8H,1H3;1-4,8H. The molecule has 0 aromatic heterocycles. The first-order valence-corrected chi connectivity index (χ1v) is 5.28. The van der Waals surface area contributed by atoms with Gasteiger partial charge in [-0.25, -0.2) is 0 Å². The van der Waals surface area contributed by atoms with E-state index in [1.165, 1.54) is 7.11 Å². The number of hydrogen-bond acceptors (Lipinski definition) is 3. The van der Waals surface area contributed by atoms with Crippen LogP contribution in [-0.4, -0.2) is 17.3 Å². The Labute approximate surface area is 105 Å². The van der Waals surface area contributed by atoms with Gasteiger partial charge in [0.25, 0.3) is 0 Å². The maximum absolute atomic E-state index is 8.99. The van der Waals surface area contributed by atoms with Gasteiger partial charge in [0.1, 0.15) is 5.75 Å². The summed E-state index contributed by atoms with van der Waals surface area (Å²) >= 11 is 5.50. The van der Waals surface area contributed by atoms with Gasteiger partial charge in [-0.1, -0.05) is 23.7 Å². The molecule has 0 spiro atoms. The van der Waals surface area contributed by atoms with Crippen LogP contribution in [0, 0.1) is 0 Å². The molecule has 2 rings (SSSR count). The minimum Gasteiger partial charge on any atom is -0.508 e. The van der Waals surface area contributed by atoms with Crippen molar-refractivity contribution in [3.05, 3.63) is 53.6 Å². The van der Waals surface area contributed by atoms with Crippen molar-refractivity contribution in [2.75, 3.05) is 7.11 Å². The Kier molecular flexibility index (Phi) is 5.17. The molecule has 0 amide bonds. The van der Waals surface area contributed by atoms with Crippen molar-refractivity contribution in [3.63, 3.8) is 0 Å². The Morgan fingerprint density at radius 2 is 1.53 bits per heavy atom. The number of benzene rings is 2. The fourth-order valence-electron chi connectivity index (χ4n) is 1.07. The lowest BCUT2D eigenvalue weighted by Crippen LogP contribution is -1.80. The molecule has 0 aliphatic heterocycles. The largest absolute Gasteiger partial charge is 0.508 e. The first-order valence-electron chi connectivity index (χ1n) is 4.90. The van der Waals surface area contributed by atoms with Crippen molar-refractivity contribution in [3.8, 4) is 17.2 Å². The molecule has 0 aliphatic rings. The molecular formula is C13H13ClO3. The van der Waals surface area contributed by atoms with Crippen molar-refractivity contribution in [1.29, 1.82) is 0 Å². The quantitative estimate of drug-likeness (QED) is 0.817. The van der Waals surface area contributed by atoms with Gasteiger partial charge >= 0.3 is 0 Å². The molecule has 0 fully saturated rings. The first kappa shape index (κ1) is 13.2. The SMILES string of the molecule is COc1ccccc1O.Oc1ccc(Cl)cc1. The van der Waals surface area contributed by atoms with Gasteiger partial charge < -0.3 is 14.9 Å². The molecule has 0 saturated heterocycles. The summed E-state index contributed by atoms with van der Waals surface area (Å²) in [7, 11) is 1.52. The highest BCUT2D eigenvalue weighted by Gasteiger charge is 1.94. The Balaban J connectivity index is 0.000000171. The molecule has 0 saturated carbocycles. The second-order valence-corrected chi connectivity index (χ2v) is 3.58. The van der Waals surface area contributed by atoms with E-state index >= 15 is 0 Å². The van der Waals surface area contributed by atoms with Crippen LogP contribution >= 0.6 is 11.6 Å². The summed E-state index contributed by atoms with van der Waals surface area (Å²) < 4.78 is 4.79. The molecule has 0 aliphatic carbocycles. The molecule has 0 heterocycles. The molecule has 0 radical (unpaired) electrons. The summed E-state index contributed by atoms with van der Waals surface area (Å²) in [6.07, 6.45) is 0. The van der Waals surface area contributed by atoms with Crippen molar-refractivity contribution in [2.45, 2.75) is 0 Å². The van der Waals surface area contributed by atoms with Gasteiger partial charge in [0.05, 0.1) is 7.11 Å². The van der Waals surface area contributed by atoms with Crippen molar-refractivity contribution in [2.24, 2.45) is 0 Å². The molecule has 17 heavy (non-hydrogen) atoms. The highest BCUT2D eigenvalue weighted by molar-refractivity contribution is 6.30. The van der Waals surface area contributed by atoms with E-state index in [1.807, 2.05) is 0 Å². The highest BCUT2D eigenvalue weighted by Crippen LogP contribution is 2.23. The topological polar surface area (TPSA) is 49.7 Å². The molecule has 90 valence electrons. The summed E-state index contributed by atoms with van der Waals surface area (Å²) in [4.78, 5) is 0. The van der Waals surface area contributed by atoms with E-state index in [-0.39, 0.29) is 11.5 Å². The normalized spacial score (nSPS) is 9.06. The number of methoxy groups -OCH3 is 1. The minimum absolute atomic E-state index is 0.181. The molecule has 0 unspecified atom stereocenters. The van der Waals surface area contributed by atoms with Gasteiger partial charge in [0.15, 0.2) is 11.5 Å². The number of hydrogen-bond donors (Lipinski definition) is 2. The zero-order valence-electron chi connectivity index (χ0n) is 9.30. The highest BCUT2D eigenvalue weighted by atomic mass is 35.5. The summed E-state index contributed by atoms with van der Waals surface area (Å²) in [5.74, 6) is 0.937. The predicted octanol–water partition coefficient (Wildman–Crippen LogP) is 3.45. The zero-order valence-corrected chi connectivity index (χ0v) is 10.1. The number of rotatable bonds is 1. The molecule has 0 atom stereocenters.